The van der Waals surface area contributed by atoms with Gasteiger partial charge in [0.05, 0.1) is 6.04 Å². The highest BCUT2D eigenvalue weighted by atomic mass is 32.1. The third kappa shape index (κ3) is 12.2. The average Bonchev–Trinajstić information content (AvgIpc) is 2.74. The summed E-state index contributed by atoms with van der Waals surface area (Å²) in [5.41, 5.74) is 21.2. The first-order valence-electron chi connectivity index (χ1n) is 10.6. The van der Waals surface area contributed by atoms with Gasteiger partial charge in [-0.1, -0.05) is 13.8 Å². The summed E-state index contributed by atoms with van der Waals surface area (Å²) in [5, 5.41) is 16.7. The smallest absolute Gasteiger partial charge is 0.326 e. The quantitative estimate of drug-likeness (QED) is 0.0442. The maximum atomic E-state index is 12.8. The molecule has 14 nitrogen and oxygen atoms in total. The Hall–Kier alpha value is -3.07. The van der Waals surface area contributed by atoms with E-state index in [9.17, 15) is 29.1 Å². The Labute approximate surface area is 203 Å². The van der Waals surface area contributed by atoms with Gasteiger partial charge in [-0.2, -0.15) is 12.6 Å². The summed E-state index contributed by atoms with van der Waals surface area (Å²) < 4.78 is 0. The van der Waals surface area contributed by atoms with Crippen molar-refractivity contribution in [1.82, 2.24) is 16.0 Å². The first kappa shape index (κ1) is 30.9. The van der Waals surface area contributed by atoms with Crippen molar-refractivity contribution in [3.63, 3.8) is 0 Å². The van der Waals surface area contributed by atoms with Gasteiger partial charge in [-0.3, -0.25) is 24.2 Å². The summed E-state index contributed by atoms with van der Waals surface area (Å²) in [4.78, 5) is 63.8. The van der Waals surface area contributed by atoms with Gasteiger partial charge < -0.3 is 44.0 Å². The molecule has 0 spiro atoms. The van der Waals surface area contributed by atoms with E-state index >= 15 is 0 Å². The van der Waals surface area contributed by atoms with Crippen LogP contribution in [-0.4, -0.2) is 77.1 Å². The molecule has 0 aliphatic rings. The van der Waals surface area contributed by atoms with Gasteiger partial charge in [-0.15, -0.1) is 0 Å². The number of hydrogen-bond donors (Lipinski definition) is 9. The lowest BCUT2D eigenvalue weighted by atomic mass is 10.0. The number of carboxylic acids is 1. The minimum Gasteiger partial charge on any atom is -0.480 e. The number of carbonyl (C=O) groups is 5. The van der Waals surface area contributed by atoms with Gasteiger partial charge in [-0.25, -0.2) is 4.79 Å². The molecule has 0 saturated heterocycles. The number of guanidine groups is 1. The molecule has 0 bridgehead atoms. The van der Waals surface area contributed by atoms with Gasteiger partial charge >= 0.3 is 5.97 Å². The number of hydrogen-bond acceptors (Lipinski definition) is 8. The highest BCUT2D eigenvalue weighted by molar-refractivity contribution is 7.80. The zero-order chi connectivity index (χ0) is 26.4. The van der Waals surface area contributed by atoms with E-state index in [1.165, 1.54) is 0 Å². The van der Waals surface area contributed by atoms with Crippen LogP contribution in [0.3, 0.4) is 0 Å². The summed E-state index contributed by atoms with van der Waals surface area (Å²) >= 11 is 4.06. The summed E-state index contributed by atoms with van der Waals surface area (Å²) in [7, 11) is 0. The molecular formula is C19H36N8O6S. The van der Waals surface area contributed by atoms with Crippen LogP contribution in [0.5, 0.6) is 0 Å². The first-order valence-corrected chi connectivity index (χ1v) is 11.3. The Balaban J connectivity index is 5.10. The molecule has 0 aliphatic carbocycles. The Bertz CT molecular complexity index is 759. The van der Waals surface area contributed by atoms with E-state index in [2.05, 4.69) is 33.6 Å². The molecule has 0 fully saturated rings. The maximum Gasteiger partial charge on any atom is 0.326 e. The van der Waals surface area contributed by atoms with Crippen LogP contribution in [0.1, 0.15) is 39.5 Å². The summed E-state index contributed by atoms with van der Waals surface area (Å²) in [5.74, 6) is -4.61. The molecule has 194 valence electrons. The van der Waals surface area contributed by atoms with Crippen molar-refractivity contribution in [2.75, 3.05) is 12.3 Å². The average molecular weight is 505 g/mol. The summed E-state index contributed by atoms with van der Waals surface area (Å²) in [6.07, 6.45) is 0.268. The number of thiol groups is 1. The first-order chi connectivity index (χ1) is 15.8. The molecule has 0 radical (unpaired) electrons. The SMILES string of the molecule is CC(C)C(NC(=O)C(N)CCC(N)=O)C(=O)NC(CS)C(=O)NC(CCCN=C(N)N)C(=O)O. The topological polar surface area (TPSA) is 258 Å². The van der Waals surface area contributed by atoms with E-state index in [1.807, 2.05) is 0 Å². The monoisotopic (exact) mass is 504 g/mol. The molecule has 0 rings (SSSR count). The van der Waals surface area contributed by atoms with Gasteiger partial charge in [0.1, 0.15) is 18.1 Å². The fourth-order valence-electron chi connectivity index (χ4n) is 2.71. The van der Waals surface area contributed by atoms with Crippen molar-refractivity contribution < 1.29 is 29.1 Å². The number of carbonyl (C=O) groups excluding carboxylic acids is 4. The highest BCUT2D eigenvalue weighted by Gasteiger charge is 2.31. The van der Waals surface area contributed by atoms with Gasteiger partial charge in [0.2, 0.25) is 23.6 Å². The van der Waals surface area contributed by atoms with Crippen molar-refractivity contribution in [1.29, 1.82) is 0 Å². The number of amides is 4. The molecule has 15 heteroatoms. The van der Waals surface area contributed by atoms with Crippen LogP contribution in [0.25, 0.3) is 0 Å². The molecule has 0 aromatic rings. The van der Waals surface area contributed by atoms with Crippen molar-refractivity contribution in [3.8, 4) is 0 Å². The number of rotatable bonds is 16. The van der Waals surface area contributed by atoms with Gasteiger partial charge in [-0.05, 0) is 25.2 Å². The number of primary amides is 1. The molecule has 0 aliphatic heterocycles. The molecule has 4 atom stereocenters. The Morgan fingerprint density at radius 2 is 1.50 bits per heavy atom. The second-order valence-corrected chi connectivity index (χ2v) is 8.30. The normalized spacial score (nSPS) is 14.3. The van der Waals surface area contributed by atoms with Crippen molar-refractivity contribution in [2.45, 2.75) is 63.7 Å². The molecule has 0 aromatic heterocycles. The largest absolute Gasteiger partial charge is 0.480 e. The molecule has 0 saturated carbocycles. The number of nitrogens with one attached hydrogen (secondary N) is 3. The second-order valence-electron chi connectivity index (χ2n) is 7.93. The molecule has 0 heterocycles. The Morgan fingerprint density at radius 1 is 0.912 bits per heavy atom. The molecule has 0 aromatic carbocycles. The second kappa shape index (κ2) is 15.7. The predicted molar refractivity (Wildman–Crippen MR) is 128 cm³/mol. The minimum absolute atomic E-state index is 0.00896. The fraction of sp³-hybridized carbons (Fsp3) is 0.684. The number of aliphatic imine (C=N–C) groups is 1. The molecule has 34 heavy (non-hydrogen) atoms. The van der Waals surface area contributed by atoms with Gasteiger partial charge in [0.15, 0.2) is 5.96 Å². The van der Waals surface area contributed by atoms with Crippen LogP contribution in [0.2, 0.25) is 0 Å². The Morgan fingerprint density at radius 3 is 1.97 bits per heavy atom. The van der Waals surface area contributed by atoms with E-state index in [0.29, 0.717) is 6.42 Å². The zero-order valence-electron chi connectivity index (χ0n) is 19.3. The molecule has 4 amide bonds. The lowest BCUT2D eigenvalue weighted by Gasteiger charge is -2.26. The molecular weight excluding hydrogens is 468 g/mol. The van der Waals surface area contributed by atoms with Gasteiger partial charge in [0, 0.05) is 18.7 Å². The standard InChI is InChI=1S/C19H36N8O6S/c1-9(2)14(27-15(29)10(20)5-6-13(21)28)17(31)26-12(8-34)16(30)25-11(18(32)33)4-3-7-24-19(22)23/h9-12,14,34H,3-8,20H2,1-2H3,(H2,21,28)(H,25,30)(H,26,31)(H,27,29)(H,32,33)(H4,22,23,24). The third-order valence-corrected chi connectivity index (χ3v) is 5.03. The van der Waals surface area contributed by atoms with Crippen LogP contribution in [0.4, 0.5) is 0 Å². The lowest BCUT2D eigenvalue weighted by Crippen LogP contribution is -2.58. The number of carboxylic acid groups (broad SMARTS) is 1. The highest BCUT2D eigenvalue weighted by Crippen LogP contribution is 2.06. The van der Waals surface area contributed by atoms with E-state index in [-0.39, 0.29) is 43.4 Å². The molecule has 12 N–H and O–H groups in total. The summed E-state index contributed by atoms with van der Waals surface area (Å²) in [6, 6.07) is -4.50. The van der Waals surface area contributed by atoms with E-state index < -0.39 is 53.8 Å². The fourth-order valence-corrected chi connectivity index (χ4v) is 2.97. The number of nitrogens with zero attached hydrogens (tertiary/aromatic N) is 1. The van der Waals surface area contributed by atoms with Gasteiger partial charge in [0.25, 0.3) is 0 Å². The van der Waals surface area contributed by atoms with Crippen molar-refractivity contribution in [2.24, 2.45) is 33.8 Å². The van der Waals surface area contributed by atoms with E-state index in [1.54, 1.807) is 13.8 Å². The lowest BCUT2D eigenvalue weighted by molar-refractivity contribution is -0.142. The van der Waals surface area contributed by atoms with E-state index in [4.69, 9.17) is 22.9 Å². The van der Waals surface area contributed by atoms with Crippen molar-refractivity contribution in [3.05, 3.63) is 0 Å². The number of nitrogens with two attached hydrogens (primary N) is 4. The zero-order valence-corrected chi connectivity index (χ0v) is 20.2. The van der Waals surface area contributed by atoms with Crippen LogP contribution < -0.4 is 38.9 Å². The van der Waals surface area contributed by atoms with Crippen LogP contribution in [0.15, 0.2) is 4.99 Å². The predicted octanol–water partition coefficient (Wildman–Crippen LogP) is -3.24. The third-order valence-electron chi connectivity index (χ3n) is 4.66. The summed E-state index contributed by atoms with van der Waals surface area (Å²) in [6.45, 7) is 3.53. The Kier molecular flexibility index (Phi) is 14.3. The van der Waals surface area contributed by atoms with Crippen molar-refractivity contribution >= 4 is 48.2 Å². The molecule has 4 unspecified atom stereocenters. The minimum atomic E-state index is -1.26. The van der Waals surface area contributed by atoms with E-state index in [0.717, 1.165) is 0 Å². The maximum absolute atomic E-state index is 12.8. The van der Waals surface area contributed by atoms with Crippen LogP contribution >= 0.6 is 12.6 Å². The number of aliphatic carboxylic acids is 1. The van der Waals surface area contributed by atoms with Crippen LogP contribution in [0, 0.1) is 5.92 Å². The van der Waals surface area contributed by atoms with Crippen LogP contribution in [-0.2, 0) is 24.0 Å².